The first-order chi connectivity index (χ1) is 14.3. The Balaban J connectivity index is 1.59. The van der Waals surface area contributed by atoms with Crippen molar-refractivity contribution in [2.24, 2.45) is 0 Å². The molecule has 1 fully saturated rings. The Hall–Kier alpha value is -2.97. The largest absolute Gasteiger partial charge is 0.383 e. The van der Waals surface area contributed by atoms with Crippen LogP contribution in [0.5, 0.6) is 0 Å². The first-order valence-electron chi connectivity index (χ1n) is 10.4. The van der Waals surface area contributed by atoms with Crippen LogP contribution in [0, 0.1) is 0 Å². The number of nitrogens with zero attached hydrogens (tertiary/aromatic N) is 4. The van der Waals surface area contributed by atoms with Crippen molar-refractivity contribution in [1.82, 2.24) is 30.0 Å². The van der Waals surface area contributed by atoms with E-state index in [-0.39, 0.29) is 5.54 Å². The van der Waals surface area contributed by atoms with Crippen molar-refractivity contribution in [3.05, 3.63) is 36.3 Å². The van der Waals surface area contributed by atoms with Gasteiger partial charge in [0.2, 0.25) is 0 Å². The fourth-order valence-corrected chi connectivity index (χ4v) is 3.98. The minimum absolute atomic E-state index is 0.252. The number of aromatic amines is 1. The predicted octanol–water partition coefficient (Wildman–Crippen LogP) is 3.44. The van der Waals surface area contributed by atoms with E-state index in [0.717, 1.165) is 51.7 Å². The van der Waals surface area contributed by atoms with E-state index in [1.165, 1.54) is 12.7 Å². The van der Waals surface area contributed by atoms with Crippen LogP contribution in [-0.2, 0) is 5.54 Å². The van der Waals surface area contributed by atoms with E-state index in [4.69, 9.17) is 10.8 Å². The lowest BCUT2D eigenvalue weighted by molar-refractivity contribution is 0.101. The Labute approximate surface area is 174 Å². The van der Waals surface area contributed by atoms with Gasteiger partial charge in [-0.15, -0.1) is 0 Å². The molecule has 0 radical (unpaired) electrons. The van der Waals surface area contributed by atoms with Gasteiger partial charge in [-0.25, -0.2) is 14.6 Å². The van der Waals surface area contributed by atoms with Crippen molar-refractivity contribution in [3.63, 3.8) is 0 Å². The monoisotopic (exact) mass is 405 g/mol. The van der Waals surface area contributed by atoms with Crippen LogP contribution >= 0.6 is 0 Å². The molecule has 1 atom stereocenters. The molecule has 1 aliphatic carbocycles. The van der Waals surface area contributed by atoms with Crippen LogP contribution in [0.2, 0.25) is 0 Å². The molecule has 0 bridgehead atoms. The van der Waals surface area contributed by atoms with E-state index in [1.807, 2.05) is 28.9 Å². The Kier molecular flexibility index (Phi) is 4.30. The number of fused-ring (bicyclic) bond motifs is 2. The highest BCUT2D eigenvalue weighted by molar-refractivity contribution is 6.00. The molecule has 1 aliphatic rings. The summed E-state index contributed by atoms with van der Waals surface area (Å²) in [4.78, 5) is 12.0. The fraction of sp³-hybridized carbons (Fsp3) is 0.409. The molecule has 4 aromatic rings. The molecular weight excluding hydrogens is 378 g/mol. The van der Waals surface area contributed by atoms with E-state index in [0.29, 0.717) is 11.9 Å². The molecule has 156 valence electrons. The number of nitrogen functional groups attached to an aromatic ring is 1. The van der Waals surface area contributed by atoms with E-state index < -0.39 is 6.23 Å². The lowest BCUT2D eigenvalue weighted by Gasteiger charge is -2.28. The molecule has 0 amide bonds. The van der Waals surface area contributed by atoms with Crippen LogP contribution in [-0.4, -0.2) is 35.9 Å². The molecule has 0 spiro atoms. The summed E-state index contributed by atoms with van der Waals surface area (Å²) in [5.41, 5.74) is 10.1. The van der Waals surface area contributed by atoms with Gasteiger partial charge in [0.15, 0.2) is 5.65 Å². The van der Waals surface area contributed by atoms with Gasteiger partial charge in [-0.05, 0) is 51.1 Å². The first kappa shape index (κ1) is 19.0. The van der Waals surface area contributed by atoms with Gasteiger partial charge in [0.25, 0.3) is 0 Å². The van der Waals surface area contributed by atoms with E-state index in [2.05, 4.69) is 41.0 Å². The fourth-order valence-electron chi connectivity index (χ4n) is 3.98. The smallest absolute Gasteiger partial charge is 0.164 e. The minimum atomic E-state index is -0.698. The molecule has 5 rings (SSSR count). The van der Waals surface area contributed by atoms with Crippen LogP contribution in [0.25, 0.3) is 33.2 Å². The van der Waals surface area contributed by atoms with Gasteiger partial charge in [0.1, 0.15) is 24.1 Å². The number of aliphatic hydroxyl groups is 1. The van der Waals surface area contributed by atoms with Crippen molar-refractivity contribution in [2.45, 2.75) is 57.8 Å². The Morgan fingerprint density at radius 2 is 2.03 bits per heavy atom. The van der Waals surface area contributed by atoms with Gasteiger partial charge in [0.05, 0.1) is 16.6 Å². The molecular formula is C22H27N7O. The standard InChI is InChI=1S/C22H27N7O/c1-22(2,3)29-20-17(19(23)24-11-25-20)18(28-29)13-8-7-12-9-16(27-15(12)10-13)21(30)26-14-5-4-6-14/h7-11,14,21,26-27,30H,4-6H2,1-3H3,(H2,23,24,25). The molecule has 5 N–H and O–H groups in total. The van der Waals surface area contributed by atoms with Crippen molar-refractivity contribution in [3.8, 4) is 11.3 Å². The number of H-pyrrole nitrogens is 1. The SMILES string of the molecule is CC(C)(C)n1nc(-c2ccc3cc(C(O)NC4CCC4)[nH]c3c2)c2c(N)ncnc21. The first-order valence-corrected chi connectivity index (χ1v) is 10.4. The van der Waals surface area contributed by atoms with Crippen LogP contribution < -0.4 is 11.1 Å². The summed E-state index contributed by atoms with van der Waals surface area (Å²) < 4.78 is 1.90. The van der Waals surface area contributed by atoms with Crippen LogP contribution in [0.15, 0.2) is 30.6 Å². The number of nitrogens with two attached hydrogens (primary N) is 1. The normalized spacial score (nSPS) is 16.3. The molecule has 3 aromatic heterocycles. The second kappa shape index (κ2) is 6.78. The third-order valence-electron chi connectivity index (χ3n) is 5.84. The zero-order valence-corrected chi connectivity index (χ0v) is 17.5. The van der Waals surface area contributed by atoms with Crippen molar-refractivity contribution >= 4 is 27.8 Å². The summed E-state index contributed by atoms with van der Waals surface area (Å²) in [7, 11) is 0. The highest BCUT2D eigenvalue weighted by Crippen LogP contribution is 2.34. The summed E-state index contributed by atoms with van der Waals surface area (Å²) in [6.45, 7) is 6.25. The topological polar surface area (TPSA) is 118 Å². The molecule has 3 heterocycles. The van der Waals surface area contributed by atoms with E-state index in [9.17, 15) is 5.11 Å². The van der Waals surface area contributed by atoms with Crippen molar-refractivity contribution < 1.29 is 5.11 Å². The number of hydrogen-bond donors (Lipinski definition) is 4. The summed E-state index contributed by atoms with van der Waals surface area (Å²) >= 11 is 0. The maximum absolute atomic E-state index is 10.5. The molecule has 1 aromatic carbocycles. The second-order valence-corrected chi connectivity index (χ2v) is 9.11. The van der Waals surface area contributed by atoms with Gasteiger partial charge in [-0.3, -0.25) is 5.32 Å². The summed E-state index contributed by atoms with van der Waals surface area (Å²) in [5, 5.41) is 20.4. The van der Waals surface area contributed by atoms with Crippen molar-refractivity contribution in [2.75, 3.05) is 5.73 Å². The summed E-state index contributed by atoms with van der Waals surface area (Å²) in [6.07, 6.45) is 4.24. The number of nitrogens with one attached hydrogen (secondary N) is 2. The zero-order chi connectivity index (χ0) is 21.0. The maximum Gasteiger partial charge on any atom is 0.164 e. The quantitative estimate of drug-likeness (QED) is 0.386. The number of hydrogen-bond acceptors (Lipinski definition) is 6. The molecule has 8 nitrogen and oxygen atoms in total. The molecule has 0 saturated heterocycles. The molecule has 8 heteroatoms. The van der Waals surface area contributed by atoms with Gasteiger partial charge in [-0.2, -0.15) is 5.10 Å². The number of aliphatic hydroxyl groups excluding tert-OH is 1. The highest BCUT2D eigenvalue weighted by Gasteiger charge is 2.25. The van der Waals surface area contributed by atoms with Gasteiger partial charge < -0.3 is 15.8 Å². The third-order valence-corrected chi connectivity index (χ3v) is 5.84. The number of anilines is 1. The Bertz CT molecular complexity index is 1230. The second-order valence-electron chi connectivity index (χ2n) is 9.11. The lowest BCUT2D eigenvalue weighted by atomic mass is 9.93. The summed E-state index contributed by atoms with van der Waals surface area (Å²) in [6, 6.07) is 8.47. The molecule has 1 saturated carbocycles. The summed E-state index contributed by atoms with van der Waals surface area (Å²) in [5.74, 6) is 0.415. The Morgan fingerprint density at radius 1 is 1.23 bits per heavy atom. The predicted molar refractivity (Wildman–Crippen MR) is 118 cm³/mol. The molecule has 0 aliphatic heterocycles. The number of aromatic nitrogens is 5. The maximum atomic E-state index is 10.5. The van der Waals surface area contributed by atoms with Gasteiger partial charge in [-0.1, -0.05) is 18.6 Å². The number of rotatable bonds is 4. The van der Waals surface area contributed by atoms with Gasteiger partial charge >= 0.3 is 0 Å². The third kappa shape index (κ3) is 3.12. The zero-order valence-electron chi connectivity index (χ0n) is 17.5. The average molecular weight is 406 g/mol. The van der Waals surface area contributed by atoms with E-state index >= 15 is 0 Å². The lowest BCUT2D eigenvalue weighted by Crippen LogP contribution is -2.37. The van der Waals surface area contributed by atoms with E-state index in [1.54, 1.807) is 0 Å². The average Bonchev–Trinajstić information content (AvgIpc) is 3.26. The molecule has 30 heavy (non-hydrogen) atoms. The van der Waals surface area contributed by atoms with Gasteiger partial charge in [0, 0.05) is 17.1 Å². The van der Waals surface area contributed by atoms with Crippen LogP contribution in [0.3, 0.4) is 0 Å². The Morgan fingerprint density at radius 3 is 2.73 bits per heavy atom. The van der Waals surface area contributed by atoms with Crippen LogP contribution in [0.1, 0.15) is 52.0 Å². The van der Waals surface area contributed by atoms with Crippen LogP contribution in [0.4, 0.5) is 5.82 Å². The highest BCUT2D eigenvalue weighted by atomic mass is 16.3. The minimum Gasteiger partial charge on any atom is -0.383 e. The number of benzene rings is 1. The van der Waals surface area contributed by atoms with Crippen molar-refractivity contribution in [1.29, 1.82) is 0 Å². The molecule has 1 unspecified atom stereocenters.